The maximum Gasteiger partial charge on any atom is 0.252 e. The van der Waals surface area contributed by atoms with Crippen LogP contribution in [0.1, 0.15) is 10.4 Å². The molecule has 29 heavy (non-hydrogen) atoms. The Morgan fingerprint density at radius 3 is 2.90 bits per heavy atom. The molecule has 1 atom stereocenters. The van der Waals surface area contributed by atoms with Crippen molar-refractivity contribution in [2.75, 3.05) is 31.5 Å². The Morgan fingerprint density at radius 2 is 2.17 bits per heavy atom. The second-order valence-electron chi connectivity index (χ2n) is 6.28. The fourth-order valence-electron chi connectivity index (χ4n) is 2.84. The average molecular weight is 420 g/mol. The van der Waals surface area contributed by atoms with E-state index in [1.165, 1.54) is 41.1 Å². The predicted octanol–water partition coefficient (Wildman–Crippen LogP) is 2.08. The summed E-state index contributed by atoms with van der Waals surface area (Å²) in [5, 5.41) is 12.1. The number of pyridine rings is 1. The molecule has 1 aliphatic rings. The van der Waals surface area contributed by atoms with Gasteiger partial charge in [0.15, 0.2) is 6.10 Å². The van der Waals surface area contributed by atoms with Gasteiger partial charge in [-0.3, -0.25) is 14.6 Å². The molecule has 0 bridgehead atoms. The highest BCUT2D eigenvalue weighted by molar-refractivity contribution is 7.99. The number of aromatic nitrogens is 1. The summed E-state index contributed by atoms with van der Waals surface area (Å²) in [7, 11) is 0. The maximum atomic E-state index is 12.7. The fourth-order valence-corrected chi connectivity index (χ4v) is 3.95. The zero-order chi connectivity index (χ0) is 20.8. The van der Waals surface area contributed by atoms with Crippen LogP contribution in [0.5, 0.6) is 5.75 Å². The zero-order valence-electron chi connectivity index (χ0n) is 15.3. The first-order chi connectivity index (χ1) is 14.1. The Hall–Kier alpha value is -2.93. The van der Waals surface area contributed by atoms with Gasteiger partial charge in [-0.1, -0.05) is 0 Å². The number of hydrogen-bond donors (Lipinski definition) is 1. The highest BCUT2D eigenvalue weighted by Gasteiger charge is 2.29. The first-order valence-corrected chi connectivity index (χ1v) is 9.95. The quantitative estimate of drug-likeness (QED) is 0.737. The minimum Gasteiger partial charge on any atom is -0.485 e. The van der Waals surface area contributed by atoms with Crippen LogP contribution in [0, 0.1) is 11.3 Å². The van der Waals surface area contributed by atoms with Crippen molar-refractivity contribution in [1.82, 2.24) is 15.2 Å². The van der Waals surface area contributed by atoms with Crippen LogP contribution < -0.4 is 10.1 Å². The first-order valence-electron chi connectivity index (χ1n) is 8.79. The summed E-state index contributed by atoms with van der Waals surface area (Å²) in [5.74, 6) is 0.326. The number of nitriles is 1. The number of carbonyl (C=O) groups excluding carboxylic acids is 2. The van der Waals surface area contributed by atoms with Crippen LogP contribution in [0.2, 0.25) is 0 Å². The summed E-state index contributed by atoms with van der Waals surface area (Å²) in [6.07, 6.45) is 0.236. The highest BCUT2D eigenvalue weighted by Crippen LogP contribution is 2.24. The second kappa shape index (κ2) is 9.52. The van der Waals surface area contributed by atoms with Crippen LogP contribution >= 0.6 is 11.8 Å². The van der Waals surface area contributed by atoms with E-state index in [1.54, 1.807) is 6.07 Å². The van der Waals surface area contributed by atoms with Crippen LogP contribution in [-0.4, -0.2) is 65.4 Å². The molecule has 1 saturated heterocycles. The second-order valence-corrected chi connectivity index (χ2v) is 7.28. The van der Waals surface area contributed by atoms with E-state index in [-0.39, 0.29) is 23.8 Å². The number of thioether (sulfide) groups is 1. The van der Waals surface area contributed by atoms with Crippen molar-refractivity contribution in [2.24, 2.45) is 0 Å². The summed E-state index contributed by atoms with van der Waals surface area (Å²) in [6, 6.07) is 7.64. The van der Waals surface area contributed by atoms with Gasteiger partial charge in [-0.2, -0.15) is 5.26 Å². The van der Waals surface area contributed by atoms with Crippen LogP contribution in [0.3, 0.4) is 0 Å². The topological polar surface area (TPSA) is 95.3 Å². The van der Waals surface area contributed by atoms with E-state index in [0.29, 0.717) is 22.5 Å². The lowest BCUT2D eigenvalue weighted by Gasteiger charge is -2.18. The minimum absolute atomic E-state index is 0.210. The van der Waals surface area contributed by atoms with Gasteiger partial charge < -0.3 is 15.0 Å². The van der Waals surface area contributed by atoms with Gasteiger partial charge in [0.05, 0.1) is 29.6 Å². The van der Waals surface area contributed by atoms with Crippen molar-refractivity contribution < 1.29 is 23.1 Å². The van der Waals surface area contributed by atoms with Gasteiger partial charge in [-0.05, 0) is 24.3 Å². The van der Waals surface area contributed by atoms with E-state index in [1.807, 2.05) is 0 Å². The van der Waals surface area contributed by atoms with E-state index in [4.69, 9.17) is 10.00 Å². The number of nitrogens with one attached hydrogen (secondary N) is 1. The van der Waals surface area contributed by atoms with Gasteiger partial charge in [0.2, 0.25) is 5.91 Å². The van der Waals surface area contributed by atoms with Gasteiger partial charge in [0, 0.05) is 17.3 Å². The molecule has 0 spiro atoms. The monoisotopic (exact) mass is 420 g/mol. The van der Waals surface area contributed by atoms with Crippen LogP contribution in [0.4, 0.5) is 8.78 Å². The van der Waals surface area contributed by atoms with Crippen molar-refractivity contribution in [2.45, 2.75) is 12.1 Å². The number of fused-ring (bicyclic) bond motifs is 1. The number of benzene rings is 1. The molecule has 1 aromatic carbocycles. The van der Waals surface area contributed by atoms with Crippen molar-refractivity contribution >= 4 is 34.5 Å². The van der Waals surface area contributed by atoms with Crippen molar-refractivity contribution in [1.29, 1.82) is 5.26 Å². The third kappa shape index (κ3) is 4.74. The summed E-state index contributed by atoms with van der Waals surface area (Å²) >= 11 is 1.48. The molecule has 3 rings (SSSR count). The van der Waals surface area contributed by atoms with Gasteiger partial charge in [-0.25, -0.2) is 8.78 Å². The van der Waals surface area contributed by atoms with Gasteiger partial charge in [0.25, 0.3) is 5.91 Å². The molecule has 0 radical (unpaired) electrons. The number of amides is 2. The fraction of sp³-hybridized carbons (Fsp3) is 0.368. The molecule has 1 aromatic heterocycles. The van der Waals surface area contributed by atoms with Crippen LogP contribution in [0.15, 0.2) is 30.5 Å². The molecule has 0 unspecified atom stereocenters. The molecule has 2 aromatic rings. The molecule has 10 heteroatoms. The van der Waals surface area contributed by atoms with Crippen LogP contribution in [0.25, 0.3) is 10.9 Å². The summed E-state index contributed by atoms with van der Waals surface area (Å²) < 4.78 is 30.7. The molecule has 1 fully saturated rings. The predicted molar refractivity (Wildman–Crippen MR) is 104 cm³/mol. The minimum atomic E-state index is -1.22. The van der Waals surface area contributed by atoms with E-state index >= 15 is 0 Å². The average Bonchev–Trinajstić information content (AvgIpc) is 3.24. The number of alkyl halides is 2. The molecule has 7 nitrogen and oxygen atoms in total. The third-order valence-electron chi connectivity index (χ3n) is 4.36. The summed E-state index contributed by atoms with van der Waals surface area (Å²) in [4.78, 5) is 30.5. The highest BCUT2D eigenvalue weighted by atomic mass is 32.2. The molecule has 152 valence electrons. The van der Waals surface area contributed by atoms with Crippen molar-refractivity contribution in [3.05, 3.63) is 36.0 Å². The molecular formula is C19H18F2N4O3S. The molecule has 0 saturated carbocycles. The van der Waals surface area contributed by atoms with E-state index < -0.39 is 31.4 Å². The van der Waals surface area contributed by atoms with Crippen molar-refractivity contribution in [3.63, 3.8) is 0 Å². The number of ether oxygens (including phenoxy) is 1. The van der Waals surface area contributed by atoms with Gasteiger partial charge in [-0.15, -0.1) is 11.8 Å². The lowest BCUT2D eigenvalue weighted by Crippen LogP contribution is -2.42. The first kappa shape index (κ1) is 20.8. The Balaban J connectivity index is 1.75. The Kier molecular flexibility index (Phi) is 6.82. The van der Waals surface area contributed by atoms with Crippen LogP contribution in [-0.2, 0) is 4.79 Å². The summed E-state index contributed by atoms with van der Waals surface area (Å²) in [5.41, 5.74) is 0.742. The Morgan fingerprint density at radius 1 is 1.38 bits per heavy atom. The standard InChI is InChI=1S/C19H18F2N4O3S/c20-6-14(7-21)28-13-1-2-17-16(5-13)15(3-4-23-17)19(27)24-9-18(26)25-11-29-10-12(25)8-22/h1-5,12,14H,6-7,9-11H2,(H,24,27)/t12-/m1/s1. The molecule has 0 aliphatic carbocycles. The molecule has 1 N–H and O–H groups in total. The smallest absolute Gasteiger partial charge is 0.252 e. The third-order valence-corrected chi connectivity index (χ3v) is 5.37. The molecule has 2 amide bonds. The van der Waals surface area contributed by atoms with Gasteiger partial charge >= 0.3 is 0 Å². The number of halogens is 2. The van der Waals surface area contributed by atoms with E-state index in [2.05, 4.69) is 16.4 Å². The largest absolute Gasteiger partial charge is 0.485 e. The lowest BCUT2D eigenvalue weighted by molar-refractivity contribution is -0.129. The zero-order valence-corrected chi connectivity index (χ0v) is 16.1. The number of carbonyl (C=O) groups is 2. The molecular weight excluding hydrogens is 402 g/mol. The Bertz CT molecular complexity index is 949. The normalized spacial score (nSPS) is 16.1. The maximum absolute atomic E-state index is 12.7. The number of hydrogen-bond acceptors (Lipinski definition) is 6. The summed E-state index contributed by atoms with van der Waals surface area (Å²) in [6.45, 7) is -2.20. The SMILES string of the molecule is N#C[C@@H]1CSCN1C(=O)CNC(=O)c1ccnc2ccc(OC(CF)CF)cc12. The molecule has 1 aliphatic heterocycles. The molecule has 2 heterocycles. The van der Waals surface area contributed by atoms with E-state index in [9.17, 15) is 18.4 Å². The van der Waals surface area contributed by atoms with Gasteiger partial charge in [0.1, 0.15) is 25.1 Å². The number of rotatable bonds is 7. The van der Waals surface area contributed by atoms with Crippen molar-refractivity contribution in [3.8, 4) is 11.8 Å². The Labute approximate surface area is 170 Å². The number of nitrogens with zero attached hydrogens (tertiary/aromatic N) is 3. The lowest BCUT2D eigenvalue weighted by atomic mass is 10.1. The van der Waals surface area contributed by atoms with E-state index in [0.717, 1.165) is 0 Å².